The molecule has 2 aromatic carbocycles. The van der Waals surface area contributed by atoms with Crippen LogP contribution in [-0.4, -0.2) is 24.9 Å². The Morgan fingerprint density at radius 1 is 1.08 bits per heavy atom. The normalized spacial score (nSPS) is 10.3. The van der Waals surface area contributed by atoms with E-state index in [1.54, 1.807) is 36.4 Å². The van der Waals surface area contributed by atoms with Crippen LogP contribution < -0.4 is 10.6 Å². The van der Waals surface area contributed by atoms with Crippen molar-refractivity contribution in [1.29, 1.82) is 0 Å². The van der Waals surface area contributed by atoms with Crippen molar-refractivity contribution in [2.75, 3.05) is 13.1 Å². The van der Waals surface area contributed by atoms with E-state index in [1.165, 1.54) is 6.07 Å². The van der Waals surface area contributed by atoms with Crippen LogP contribution in [0, 0.1) is 5.82 Å². The molecular formula is C17H15BrClFN2O2. The maximum absolute atomic E-state index is 13.1. The molecule has 0 spiro atoms. The fraction of sp³-hybridized carbons (Fsp3) is 0.176. The van der Waals surface area contributed by atoms with Crippen LogP contribution in [0.5, 0.6) is 0 Å². The number of hydrogen-bond donors (Lipinski definition) is 2. The topological polar surface area (TPSA) is 58.2 Å². The SMILES string of the molecule is O=C(Cc1ccc(F)c(Br)c1)NCCNC(=O)c1ccccc1Cl. The van der Waals surface area contributed by atoms with Crippen molar-refractivity contribution in [3.8, 4) is 0 Å². The molecule has 2 rings (SSSR count). The molecule has 24 heavy (non-hydrogen) atoms. The van der Waals surface area contributed by atoms with E-state index in [4.69, 9.17) is 11.6 Å². The Bertz CT molecular complexity index is 755. The summed E-state index contributed by atoms with van der Waals surface area (Å²) in [4.78, 5) is 23.7. The predicted molar refractivity (Wildman–Crippen MR) is 94.6 cm³/mol. The molecule has 4 nitrogen and oxygen atoms in total. The quantitative estimate of drug-likeness (QED) is 0.714. The van der Waals surface area contributed by atoms with Crippen molar-refractivity contribution in [1.82, 2.24) is 10.6 Å². The maximum atomic E-state index is 13.1. The van der Waals surface area contributed by atoms with Crippen LogP contribution in [-0.2, 0) is 11.2 Å². The summed E-state index contributed by atoms with van der Waals surface area (Å²) in [7, 11) is 0. The second-order valence-electron chi connectivity index (χ2n) is 5.01. The van der Waals surface area contributed by atoms with Crippen LogP contribution in [0.15, 0.2) is 46.9 Å². The molecule has 0 bridgehead atoms. The van der Waals surface area contributed by atoms with Crippen LogP contribution in [0.25, 0.3) is 0 Å². The number of nitrogens with one attached hydrogen (secondary N) is 2. The Kier molecular flexibility index (Phi) is 6.75. The third kappa shape index (κ3) is 5.32. The number of amides is 2. The van der Waals surface area contributed by atoms with Crippen molar-refractivity contribution in [3.05, 3.63) is 68.9 Å². The van der Waals surface area contributed by atoms with Gasteiger partial charge in [0, 0.05) is 13.1 Å². The number of carbonyl (C=O) groups excluding carboxylic acids is 2. The fourth-order valence-electron chi connectivity index (χ4n) is 2.02. The Morgan fingerprint density at radius 3 is 2.50 bits per heavy atom. The third-order valence-electron chi connectivity index (χ3n) is 3.20. The fourth-order valence-corrected chi connectivity index (χ4v) is 2.66. The van der Waals surface area contributed by atoms with Crippen molar-refractivity contribution in [2.45, 2.75) is 6.42 Å². The highest BCUT2D eigenvalue weighted by atomic mass is 79.9. The lowest BCUT2D eigenvalue weighted by Crippen LogP contribution is -2.35. The minimum absolute atomic E-state index is 0.136. The van der Waals surface area contributed by atoms with E-state index in [9.17, 15) is 14.0 Å². The molecule has 126 valence electrons. The van der Waals surface area contributed by atoms with Gasteiger partial charge in [-0.05, 0) is 45.8 Å². The van der Waals surface area contributed by atoms with Crippen LogP contribution in [0.1, 0.15) is 15.9 Å². The standard InChI is InChI=1S/C17H15BrClFN2O2/c18-13-9-11(5-6-15(13)20)10-16(23)21-7-8-22-17(24)12-3-1-2-4-14(12)19/h1-6,9H,7-8,10H2,(H,21,23)(H,22,24). The molecule has 0 heterocycles. The van der Waals surface area contributed by atoms with Gasteiger partial charge in [0.25, 0.3) is 5.91 Å². The molecule has 0 aromatic heterocycles. The van der Waals surface area contributed by atoms with Gasteiger partial charge in [-0.3, -0.25) is 9.59 Å². The summed E-state index contributed by atoms with van der Waals surface area (Å²) in [6, 6.07) is 11.2. The van der Waals surface area contributed by atoms with Gasteiger partial charge in [0.2, 0.25) is 5.91 Å². The molecule has 2 N–H and O–H groups in total. The van der Waals surface area contributed by atoms with Gasteiger partial charge in [-0.25, -0.2) is 4.39 Å². The summed E-state index contributed by atoms with van der Waals surface area (Å²) in [5.41, 5.74) is 1.09. The van der Waals surface area contributed by atoms with E-state index < -0.39 is 0 Å². The van der Waals surface area contributed by atoms with E-state index in [0.717, 1.165) is 0 Å². The predicted octanol–water partition coefficient (Wildman–Crippen LogP) is 3.33. The molecule has 0 saturated carbocycles. The third-order valence-corrected chi connectivity index (χ3v) is 4.14. The zero-order valence-electron chi connectivity index (χ0n) is 12.6. The lowest BCUT2D eigenvalue weighted by atomic mass is 10.1. The molecule has 0 aliphatic carbocycles. The molecule has 0 aliphatic heterocycles. The summed E-state index contributed by atoms with van der Waals surface area (Å²) >= 11 is 9.01. The number of benzene rings is 2. The van der Waals surface area contributed by atoms with E-state index in [1.807, 2.05) is 0 Å². The largest absolute Gasteiger partial charge is 0.354 e. The molecule has 0 fully saturated rings. The highest BCUT2D eigenvalue weighted by Gasteiger charge is 2.09. The van der Waals surface area contributed by atoms with Gasteiger partial charge in [-0.1, -0.05) is 29.8 Å². The first-order valence-corrected chi connectivity index (χ1v) is 8.38. The van der Waals surface area contributed by atoms with Crippen molar-refractivity contribution >= 4 is 39.3 Å². The van der Waals surface area contributed by atoms with Gasteiger partial charge in [0.15, 0.2) is 0 Å². The average Bonchev–Trinajstić information content (AvgIpc) is 2.55. The van der Waals surface area contributed by atoms with Crippen molar-refractivity contribution < 1.29 is 14.0 Å². The monoisotopic (exact) mass is 412 g/mol. The van der Waals surface area contributed by atoms with Crippen molar-refractivity contribution in [3.63, 3.8) is 0 Å². The van der Waals surface area contributed by atoms with Gasteiger partial charge in [-0.2, -0.15) is 0 Å². The lowest BCUT2D eigenvalue weighted by molar-refractivity contribution is -0.120. The smallest absolute Gasteiger partial charge is 0.252 e. The lowest BCUT2D eigenvalue weighted by Gasteiger charge is -2.08. The Morgan fingerprint density at radius 2 is 1.79 bits per heavy atom. The molecule has 0 atom stereocenters. The zero-order valence-corrected chi connectivity index (χ0v) is 15.0. The molecule has 0 radical (unpaired) electrons. The molecular weight excluding hydrogens is 399 g/mol. The van der Waals surface area contributed by atoms with Crippen LogP contribution >= 0.6 is 27.5 Å². The van der Waals surface area contributed by atoms with Crippen LogP contribution in [0.2, 0.25) is 5.02 Å². The molecule has 7 heteroatoms. The summed E-state index contributed by atoms with van der Waals surface area (Å²) in [6.45, 7) is 0.570. The van der Waals surface area contributed by atoms with E-state index in [2.05, 4.69) is 26.6 Å². The first-order valence-electron chi connectivity index (χ1n) is 7.20. The van der Waals surface area contributed by atoms with Crippen LogP contribution in [0.4, 0.5) is 4.39 Å². The first kappa shape index (κ1) is 18.4. The minimum Gasteiger partial charge on any atom is -0.354 e. The molecule has 0 saturated heterocycles. The number of hydrogen-bond acceptors (Lipinski definition) is 2. The average molecular weight is 414 g/mol. The second kappa shape index (κ2) is 8.80. The number of halogens is 3. The first-order chi connectivity index (χ1) is 11.5. The number of rotatable bonds is 6. The Hall–Kier alpha value is -1.92. The second-order valence-corrected chi connectivity index (χ2v) is 6.27. The van der Waals surface area contributed by atoms with E-state index in [-0.39, 0.29) is 37.1 Å². The van der Waals surface area contributed by atoms with Gasteiger partial charge < -0.3 is 10.6 Å². The van der Waals surface area contributed by atoms with Gasteiger partial charge >= 0.3 is 0 Å². The Labute approximate surface area is 152 Å². The summed E-state index contributed by atoms with van der Waals surface area (Å²) in [5.74, 6) is -0.876. The van der Waals surface area contributed by atoms with Crippen molar-refractivity contribution in [2.24, 2.45) is 0 Å². The summed E-state index contributed by atoms with van der Waals surface area (Å²) < 4.78 is 13.5. The molecule has 0 unspecified atom stereocenters. The van der Waals surface area contributed by atoms with E-state index in [0.29, 0.717) is 20.6 Å². The molecule has 2 aromatic rings. The van der Waals surface area contributed by atoms with Gasteiger partial charge in [0.05, 0.1) is 21.5 Å². The van der Waals surface area contributed by atoms with Gasteiger partial charge in [-0.15, -0.1) is 0 Å². The van der Waals surface area contributed by atoms with Gasteiger partial charge in [0.1, 0.15) is 5.82 Å². The zero-order chi connectivity index (χ0) is 17.5. The highest BCUT2D eigenvalue weighted by molar-refractivity contribution is 9.10. The minimum atomic E-state index is -0.374. The summed E-state index contributed by atoms with van der Waals surface area (Å²) in [6.07, 6.45) is 0.136. The molecule has 2 amide bonds. The molecule has 0 aliphatic rings. The Balaban J connectivity index is 1.74. The maximum Gasteiger partial charge on any atom is 0.252 e. The summed E-state index contributed by atoms with van der Waals surface area (Å²) in [5, 5.41) is 5.75. The van der Waals surface area contributed by atoms with E-state index >= 15 is 0 Å². The highest BCUT2D eigenvalue weighted by Crippen LogP contribution is 2.17. The van der Waals surface area contributed by atoms with Crippen LogP contribution in [0.3, 0.4) is 0 Å². The number of carbonyl (C=O) groups is 2.